The second kappa shape index (κ2) is 5.87. The number of amides is 1. The zero-order valence-corrected chi connectivity index (χ0v) is 15.2. The van der Waals surface area contributed by atoms with Gasteiger partial charge in [-0.25, -0.2) is 0 Å². The molecule has 4 rings (SSSR count). The Bertz CT molecular complexity index is 599. The highest BCUT2D eigenvalue weighted by molar-refractivity contribution is 5.93. The number of likely N-dealkylation sites (tertiary alicyclic amines) is 1. The molecule has 24 heavy (non-hydrogen) atoms. The summed E-state index contributed by atoms with van der Waals surface area (Å²) < 4.78 is 1.87. The summed E-state index contributed by atoms with van der Waals surface area (Å²) in [5.74, 6) is 1.30. The van der Waals surface area contributed by atoms with Crippen LogP contribution in [0.25, 0.3) is 0 Å². The van der Waals surface area contributed by atoms with E-state index in [1.165, 1.54) is 45.2 Å². The molecule has 3 aliphatic rings. The van der Waals surface area contributed by atoms with Gasteiger partial charge in [0.2, 0.25) is 0 Å². The second-order valence-corrected chi connectivity index (χ2v) is 8.98. The van der Waals surface area contributed by atoms with Gasteiger partial charge in [0, 0.05) is 31.4 Å². The first-order valence-electron chi connectivity index (χ1n) is 9.52. The van der Waals surface area contributed by atoms with Crippen LogP contribution in [0.5, 0.6) is 0 Å². The third-order valence-corrected chi connectivity index (χ3v) is 6.00. The van der Waals surface area contributed by atoms with Crippen molar-refractivity contribution in [3.63, 3.8) is 0 Å². The van der Waals surface area contributed by atoms with E-state index in [2.05, 4.69) is 36.1 Å². The van der Waals surface area contributed by atoms with Crippen molar-refractivity contribution in [3.8, 4) is 0 Å². The van der Waals surface area contributed by atoms with Crippen molar-refractivity contribution in [1.82, 2.24) is 20.0 Å². The van der Waals surface area contributed by atoms with Gasteiger partial charge in [-0.05, 0) is 58.3 Å². The minimum atomic E-state index is -0.0926. The molecule has 5 heteroatoms. The molecule has 2 aliphatic carbocycles. The second-order valence-electron chi connectivity index (χ2n) is 8.98. The third kappa shape index (κ3) is 3.10. The molecule has 2 saturated carbocycles. The maximum Gasteiger partial charge on any atom is 0.254 e. The molecule has 1 aliphatic heterocycles. The molecule has 1 aromatic heterocycles. The molecule has 2 bridgehead atoms. The Labute approximate surface area is 144 Å². The highest BCUT2D eigenvalue weighted by atomic mass is 16.1. The lowest BCUT2D eigenvalue weighted by molar-refractivity contribution is 0.0389. The smallest absolute Gasteiger partial charge is 0.254 e. The number of nitrogens with zero attached hydrogens (tertiary/aromatic N) is 3. The SMILES string of the molecule is CC(C)(C)n1cc(C(=O)NC2[C@H]3CCC[C@H]2CN(C2CC2)C3)cn1. The molecule has 0 radical (unpaired) electrons. The Kier molecular flexibility index (Phi) is 3.94. The number of carbonyl (C=O) groups is 1. The maximum atomic E-state index is 12.7. The summed E-state index contributed by atoms with van der Waals surface area (Å²) in [6, 6.07) is 1.19. The quantitative estimate of drug-likeness (QED) is 0.927. The van der Waals surface area contributed by atoms with Crippen LogP contribution in [-0.2, 0) is 5.54 Å². The summed E-state index contributed by atoms with van der Waals surface area (Å²) in [6.07, 6.45) is 10.2. The van der Waals surface area contributed by atoms with E-state index in [9.17, 15) is 4.79 Å². The Hall–Kier alpha value is -1.36. The average molecular weight is 330 g/mol. The molecule has 3 fully saturated rings. The van der Waals surface area contributed by atoms with Crippen molar-refractivity contribution in [2.45, 2.75) is 70.5 Å². The minimum absolute atomic E-state index is 0.0484. The molecular weight excluding hydrogens is 300 g/mol. The van der Waals surface area contributed by atoms with Gasteiger partial charge in [-0.15, -0.1) is 0 Å². The Morgan fingerprint density at radius 2 is 1.83 bits per heavy atom. The van der Waals surface area contributed by atoms with Crippen LogP contribution >= 0.6 is 0 Å². The van der Waals surface area contributed by atoms with Crippen LogP contribution in [0.3, 0.4) is 0 Å². The molecule has 0 unspecified atom stereocenters. The molecule has 1 saturated heterocycles. The van der Waals surface area contributed by atoms with Crippen molar-refractivity contribution in [1.29, 1.82) is 0 Å². The van der Waals surface area contributed by atoms with Crippen LogP contribution in [0.2, 0.25) is 0 Å². The van der Waals surface area contributed by atoms with E-state index in [1.54, 1.807) is 6.20 Å². The van der Waals surface area contributed by atoms with Gasteiger partial charge in [-0.3, -0.25) is 14.4 Å². The van der Waals surface area contributed by atoms with Crippen LogP contribution in [0, 0.1) is 11.8 Å². The van der Waals surface area contributed by atoms with E-state index < -0.39 is 0 Å². The van der Waals surface area contributed by atoms with Gasteiger partial charge in [0.05, 0.1) is 17.3 Å². The van der Waals surface area contributed by atoms with Crippen LogP contribution in [-0.4, -0.2) is 45.8 Å². The predicted molar refractivity (Wildman–Crippen MR) is 93.9 cm³/mol. The molecule has 2 heterocycles. The van der Waals surface area contributed by atoms with Gasteiger partial charge in [0.1, 0.15) is 0 Å². The summed E-state index contributed by atoms with van der Waals surface area (Å²) in [5, 5.41) is 7.73. The Morgan fingerprint density at radius 3 is 2.38 bits per heavy atom. The van der Waals surface area contributed by atoms with E-state index in [0.29, 0.717) is 23.4 Å². The number of aromatic nitrogens is 2. The number of carbonyl (C=O) groups excluding carboxylic acids is 1. The van der Waals surface area contributed by atoms with Gasteiger partial charge in [-0.1, -0.05) is 6.42 Å². The lowest BCUT2D eigenvalue weighted by Gasteiger charge is -2.47. The molecular formula is C19H30N4O. The zero-order valence-electron chi connectivity index (χ0n) is 15.2. The van der Waals surface area contributed by atoms with Crippen molar-refractivity contribution in [3.05, 3.63) is 18.0 Å². The van der Waals surface area contributed by atoms with Gasteiger partial charge in [-0.2, -0.15) is 5.10 Å². The fraction of sp³-hybridized carbons (Fsp3) is 0.789. The summed E-state index contributed by atoms with van der Waals surface area (Å²) >= 11 is 0. The maximum absolute atomic E-state index is 12.7. The minimum Gasteiger partial charge on any atom is -0.349 e. The first-order chi connectivity index (χ1) is 11.4. The normalized spacial score (nSPS) is 31.0. The highest BCUT2D eigenvalue weighted by Crippen LogP contribution is 2.39. The summed E-state index contributed by atoms with van der Waals surface area (Å²) in [5.41, 5.74) is 0.595. The summed E-state index contributed by atoms with van der Waals surface area (Å²) in [6.45, 7) is 8.64. The first kappa shape index (κ1) is 16.1. The largest absolute Gasteiger partial charge is 0.349 e. The van der Waals surface area contributed by atoms with E-state index >= 15 is 0 Å². The van der Waals surface area contributed by atoms with E-state index in [-0.39, 0.29) is 11.4 Å². The topological polar surface area (TPSA) is 50.2 Å². The number of rotatable bonds is 3. The lowest BCUT2D eigenvalue weighted by atomic mass is 9.73. The van der Waals surface area contributed by atoms with Gasteiger partial charge < -0.3 is 5.32 Å². The van der Waals surface area contributed by atoms with Crippen LogP contribution in [0.1, 0.15) is 63.2 Å². The number of nitrogens with one attached hydrogen (secondary N) is 1. The van der Waals surface area contributed by atoms with E-state index in [1.807, 2.05) is 10.9 Å². The van der Waals surface area contributed by atoms with Crippen LogP contribution < -0.4 is 5.32 Å². The van der Waals surface area contributed by atoms with E-state index in [0.717, 1.165) is 6.04 Å². The molecule has 1 aromatic rings. The monoisotopic (exact) mass is 330 g/mol. The zero-order chi connectivity index (χ0) is 16.9. The molecule has 0 spiro atoms. The van der Waals surface area contributed by atoms with Crippen LogP contribution in [0.4, 0.5) is 0 Å². The molecule has 1 amide bonds. The highest BCUT2D eigenvalue weighted by Gasteiger charge is 2.44. The van der Waals surface area contributed by atoms with Crippen molar-refractivity contribution in [2.75, 3.05) is 13.1 Å². The number of fused-ring (bicyclic) bond motifs is 2. The van der Waals surface area contributed by atoms with Crippen LogP contribution in [0.15, 0.2) is 12.4 Å². The Balaban J connectivity index is 1.44. The number of piperidine rings is 1. The summed E-state index contributed by atoms with van der Waals surface area (Å²) in [4.78, 5) is 15.4. The van der Waals surface area contributed by atoms with Gasteiger partial charge >= 0.3 is 0 Å². The van der Waals surface area contributed by atoms with Gasteiger partial charge in [0.15, 0.2) is 0 Å². The van der Waals surface area contributed by atoms with E-state index in [4.69, 9.17) is 0 Å². The van der Waals surface area contributed by atoms with Crippen molar-refractivity contribution in [2.24, 2.45) is 11.8 Å². The molecule has 1 N–H and O–H groups in total. The molecule has 5 nitrogen and oxygen atoms in total. The standard InChI is InChI=1S/C19H30N4O/c1-19(2,3)23-12-15(9-20-23)18(24)21-17-13-5-4-6-14(17)11-22(10-13)16-7-8-16/h9,12-14,16-17H,4-8,10-11H2,1-3H3,(H,21,24)/t13-,14-/m0/s1. The molecule has 0 aromatic carbocycles. The first-order valence-corrected chi connectivity index (χ1v) is 9.52. The molecule has 2 atom stereocenters. The number of hydrogen-bond acceptors (Lipinski definition) is 3. The Morgan fingerprint density at radius 1 is 1.17 bits per heavy atom. The fourth-order valence-electron chi connectivity index (χ4n) is 4.49. The molecule has 132 valence electrons. The van der Waals surface area contributed by atoms with Gasteiger partial charge in [0.25, 0.3) is 5.91 Å². The van der Waals surface area contributed by atoms with Crippen molar-refractivity contribution < 1.29 is 4.79 Å². The number of hydrogen-bond donors (Lipinski definition) is 1. The fourth-order valence-corrected chi connectivity index (χ4v) is 4.49. The van der Waals surface area contributed by atoms with Crippen molar-refractivity contribution >= 4 is 5.91 Å². The predicted octanol–water partition coefficient (Wildman–Crippen LogP) is 2.63. The third-order valence-electron chi connectivity index (χ3n) is 6.00. The lowest BCUT2D eigenvalue weighted by Crippen LogP contribution is -2.58. The summed E-state index contributed by atoms with van der Waals surface area (Å²) in [7, 11) is 0. The average Bonchev–Trinajstić information content (AvgIpc) is 3.21.